The number of benzene rings is 3. The maximum absolute atomic E-state index is 12.1. The Kier molecular flexibility index (Phi) is 5.16. The fourth-order valence-corrected chi connectivity index (χ4v) is 3.89. The van der Waals surface area contributed by atoms with Gasteiger partial charge in [0.2, 0.25) is 5.91 Å². The van der Waals surface area contributed by atoms with Crippen molar-refractivity contribution in [2.24, 2.45) is 5.73 Å². The Labute approximate surface area is 191 Å². The van der Waals surface area contributed by atoms with Gasteiger partial charge in [0.05, 0.1) is 23.3 Å². The number of anilines is 1. The summed E-state index contributed by atoms with van der Waals surface area (Å²) in [6.45, 7) is 0. The molecule has 1 amide bonds. The molecule has 0 aliphatic carbocycles. The first kappa shape index (κ1) is 20.2. The molecule has 33 heavy (non-hydrogen) atoms. The third kappa shape index (κ3) is 3.85. The summed E-state index contributed by atoms with van der Waals surface area (Å²) in [7, 11) is 0. The van der Waals surface area contributed by atoms with Gasteiger partial charge < -0.3 is 16.5 Å². The molecular weight excluding hydrogens is 410 g/mol. The summed E-state index contributed by atoms with van der Waals surface area (Å²) in [5.74, 6) is 0.0926. The van der Waals surface area contributed by atoms with E-state index in [2.05, 4.69) is 9.97 Å². The average molecular weight is 431 g/mol. The Hall–Kier alpha value is -4.71. The van der Waals surface area contributed by atoms with Crippen LogP contribution in [-0.2, 0) is 0 Å². The standard InChI is InChI=1S/C27H21N5O/c28-22-16-30-27(18-11-5-2-6-12-18)32-25(22)23-15-21(19-13-7-8-14-20(19)26(29)33)24(31-23)17-9-3-1-4-10-17/h1-16,31H,28H2,(H2,29,33). The molecule has 6 heteroatoms. The lowest BCUT2D eigenvalue weighted by atomic mass is 9.96. The fourth-order valence-electron chi connectivity index (χ4n) is 3.89. The van der Waals surface area contributed by atoms with Crippen molar-refractivity contribution in [2.75, 3.05) is 5.73 Å². The zero-order chi connectivity index (χ0) is 22.8. The van der Waals surface area contributed by atoms with Gasteiger partial charge in [-0.15, -0.1) is 0 Å². The number of nitrogens with two attached hydrogens (primary N) is 2. The van der Waals surface area contributed by atoms with Gasteiger partial charge in [0.1, 0.15) is 5.69 Å². The van der Waals surface area contributed by atoms with E-state index < -0.39 is 5.91 Å². The fraction of sp³-hybridized carbons (Fsp3) is 0. The third-order valence-corrected chi connectivity index (χ3v) is 5.47. The maximum atomic E-state index is 12.1. The SMILES string of the molecule is NC(=O)c1ccccc1-c1cc(-c2nc(-c3ccccc3)ncc2N)[nH]c1-c1ccccc1. The first-order chi connectivity index (χ1) is 16.1. The molecule has 5 aromatic rings. The van der Waals surface area contributed by atoms with Crippen molar-refractivity contribution >= 4 is 11.6 Å². The minimum Gasteiger partial charge on any atom is -0.396 e. The van der Waals surface area contributed by atoms with Crippen LogP contribution in [0.25, 0.3) is 45.2 Å². The number of nitrogens with one attached hydrogen (secondary N) is 1. The Balaban J connectivity index is 1.73. The number of nitrogen functional groups attached to an aromatic ring is 1. The molecule has 3 aromatic carbocycles. The molecule has 0 atom stereocenters. The second kappa shape index (κ2) is 8.43. The quantitative estimate of drug-likeness (QED) is 0.357. The lowest BCUT2D eigenvalue weighted by Gasteiger charge is -2.08. The predicted octanol–water partition coefficient (Wildman–Crippen LogP) is 5.15. The number of aromatic amines is 1. The van der Waals surface area contributed by atoms with Crippen LogP contribution in [0.4, 0.5) is 5.69 Å². The molecular formula is C27H21N5O. The number of hydrogen-bond donors (Lipinski definition) is 3. The number of primary amides is 1. The van der Waals surface area contributed by atoms with Crippen LogP contribution in [0.3, 0.4) is 0 Å². The molecule has 0 aliphatic rings. The van der Waals surface area contributed by atoms with E-state index in [-0.39, 0.29) is 0 Å². The summed E-state index contributed by atoms with van der Waals surface area (Å²) in [5, 5.41) is 0. The van der Waals surface area contributed by atoms with Gasteiger partial charge in [-0.25, -0.2) is 9.97 Å². The Morgan fingerprint density at radius 1 is 0.788 bits per heavy atom. The molecule has 0 fully saturated rings. The lowest BCUT2D eigenvalue weighted by molar-refractivity contribution is 0.100. The topological polar surface area (TPSA) is 111 Å². The highest BCUT2D eigenvalue weighted by Crippen LogP contribution is 2.38. The lowest BCUT2D eigenvalue weighted by Crippen LogP contribution is -2.12. The largest absolute Gasteiger partial charge is 0.396 e. The minimum atomic E-state index is -0.486. The van der Waals surface area contributed by atoms with E-state index in [0.717, 1.165) is 33.6 Å². The van der Waals surface area contributed by atoms with Crippen molar-refractivity contribution in [1.82, 2.24) is 15.0 Å². The zero-order valence-electron chi connectivity index (χ0n) is 17.7. The molecule has 0 spiro atoms. The van der Waals surface area contributed by atoms with E-state index in [1.54, 1.807) is 18.3 Å². The molecule has 0 saturated heterocycles. The van der Waals surface area contributed by atoms with Gasteiger partial charge in [-0.05, 0) is 23.3 Å². The molecule has 160 valence electrons. The Morgan fingerprint density at radius 2 is 1.42 bits per heavy atom. The number of rotatable bonds is 5. The van der Waals surface area contributed by atoms with Crippen LogP contribution in [0.1, 0.15) is 10.4 Å². The summed E-state index contributed by atoms with van der Waals surface area (Å²) in [6, 6.07) is 28.9. The first-order valence-corrected chi connectivity index (χ1v) is 10.5. The highest BCUT2D eigenvalue weighted by atomic mass is 16.1. The molecule has 0 aliphatic heterocycles. The van der Waals surface area contributed by atoms with Gasteiger partial charge in [0.25, 0.3) is 0 Å². The summed E-state index contributed by atoms with van der Waals surface area (Å²) in [6.07, 6.45) is 1.62. The van der Waals surface area contributed by atoms with Crippen molar-refractivity contribution in [3.05, 3.63) is 103 Å². The Bertz CT molecular complexity index is 1440. The summed E-state index contributed by atoms with van der Waals surface area (Å²) >= 11 is 0. The van der Waals surface area contributed by atoms with E-state index in [0.29, 0.717) is 22.8 Å². The van der Waals surface area contributed by atoms with Gasteiger partial charge in [-0.3, -0.25) is 4.79 Å². The van der Waals surface area contributed by atoms with Gasteiger partial charge in [-0.2, -0.15) is 0 Å². The van der Waals surface area contributed by atoms with Crippen molar-refractivity contribution in [1.29, 1.82) is 0 Å². The number of hydrogen-bond acceptors (Lipinski definition) is 4. The highest BCUT2D eigenvalue weighted by Gasteiger charge is 2.19. The van der Waals surface area contributed by atoms with Crippen LogP contribution in [0.2, 0.25) is 0 Å². The molecule has 2 aromatic heterocycles. The van der Waals surface area contributed by atoms with E-state index in [1.807, 2.05) is 78.9 Å². The monoisotopic (exact) mass is 431 g/mol. The molecule has 2 heterocycles. The van der Waals surface area contributed by atoms with Gasteiger partial charge in [0, 0.05) is 16.7 Å². The van der Waals surface area contributed by atoms with Gasteiger partial charge in [-0.1, -0.05) is 78.9 Å². The van der Waals surface area contributed by atoms with Crippen LogP contribution in [0.5, 0.6) is 0 Å². The Morgan fingerprint density at radius 3 is 2.12 bits per heavy atom. The molecule has 5 rings (SSSR count). The normalized spacial score (nSPS) is 10.8. The number of carbonyl (C=O) groups is 1. The van der Waals surface area contributed by atoms with Crippen molar-refractivity contribution in [3.8, 4) is 45.2 Å². The van der Waals surface area contributed by atoms with E-state index in [4.69, 9.17) is 16.5 Å². The number of amides is 1. The molecule has 0 radical (unpaired) electrons. The molecule has 6 nitrogen and oxygen atoms in total. The molecule has 0 saturated carbocycles. The number of nitrogens with zero attached hydrogens (tertiary/aromatic N) is 2. The number of aromatic nitrogens is 3. The molecule has 5 N–H and O–H groups in total. The van der Waals surface area contributed by atoms with Crippen LogP contribution < -0.4 is 11.5 Å². The minimum absolute atomic E-state index is 0.445. The molecule has 0 unspecified atom stereocenters. The van der Waals surface area contributed by atoms with Crippen LogP contribution in [0, 0.1) is 0 Å². The maximum Gasteiger partial charge on any atom is 0.249 e. The summed E-state index contributed by atoms with van der Waals surface area (Å²) < 4.78 is 0. The predicted molar refractivity (Wildman–Crippen MR) is 131 cm³/mol. The number of carbonyl (C=O) groups excluding carboxylic acids is 1. The molecule has 0 bridgehead atoms. The van der Waals surface area contributed by atoms with Crippen LogP contribution >= 0.6 is 0 Å². The average Bonchev–Trinajstić information content (AvgIpc) is 3.30. The van der Waals surface area contributed by atoms with Gasteiger partial charge >= 0.3 is 0 Å². The van der Waals surface area contributed by atoms with E-state index in [1.165, 1.54) is 0 Å². The van der Waals surface area contributed by atoms with E-state index >= 15 is 0 Å². The third-order valence-electron chi connectivity index (χ3n) is 5.47. The van der Waals surface area contributed by atoms with Crippen LogP contribution in [0.15, 0.2) is 97.2 Å². The smallest absolute Gasteiger partial charge is 0.249 e. The van der Waals surface area contributed by atoms with Crippen molar-refractivity contribution < 1.29 is 4.79 Å². The van der Waals surface area contributed by atoms with E-state index in [9.17, 15) is 4.79 Å². The van der Waals surface area contributed by atoms with Crippen molar-refractivity contribution in [2.45, 2.75) is 0 Å². The van der Waals surface area contributed by atoms with Gasteiger partial charge in [0.15, 0.2) is 5.82 Å². The second-order valence-corrected chi connectivity index (χ2v) is 7.61. The number of H-pyrrole nitrogens is 1. The van der Waals surface area contributed by atoms with Crippen LogP contribution in [-0.4, -0.2) is 20.9 Å². The summed E-state index contributed by atoms with van der Waals surface area (Å²) in [5.41, 5.74) is 18.5. The highest BCUT2D eigenvalue weighted by molar-refractivity contribution is 6.02. The first-order valence-electron chi connectivity index (χ1n) is 10.5. The summed E-state index contributed by atoms with van der Waals surface area (Å²) in [4.78, 5) is 24.8. The second-order valence-electron chi connectivity index (χ2n) is 7.61. The zero-order valence-corrected chi connectivity index (χ0v) is 17.7. The van der Waals surface area contributed by atoms with Crippen molar-refractivity contribution in [3.63, 3.8) is 0 Å².